The Balaban J connectivity index is 1.31. The third-order valence-corrected chi connectivity index (χ3v) is 9.64. The van der Waals surface area contributed by atoms with Gasteiger partial charge in [0.05, 0.1) is 19.0 Å². The van der Waals surface area contributed by atoms with E-state index >= 15 is 0 Å². The Labute approximate surface area is 272 Å². The average molecular weight is 629 g/mol. The molecule has 2 fully saturated rings. The number of aromatic nitrogens is 2. The number of carbonyl (C=O) groups is 3. The molecule has 3 heterocycles. The molecule has 0 aliphatic carbocycles. The van der Waals surface area contributed by atoms with Crippen molar-refractivity contribution in [3.63, 3.8) is 0 Å². The number of nitrogens with zero attached hydrogens (tertiary/aromatic N) is 6. The fraction of sp³-hybridized carbons (Fsp3) is 0.486. The van der Waals surface area contributed by atoms with Crippen molar-refractivity contribution < 1.29 is 14.4 Å². The minimum Gasteiger partial charge on any atom is -0.343 e. The molecule has 0 saturated carbocycles. The molecule has 11 heteroatoms. The van der Waals surface area contributed by atoms with Gasteiger partial charge in [-0.15, -0.1) is 0 Å². The fourth-order valence-electron chi connectivity index (χ4n) is 6.72. The number of rotatable bonds is 13. The van der Waals surface area contributed by atoms with Gasteiger partial charge in [0, 0.05) is 63.6 Å². The van der Waals surface area contributed by atoms with Crippen LogP contribution in [0.5, 0.6) is 0 Å². The van der Waals surface area contributed by atoms with E-state index in [1.807, 2.05) is 65.0 Å². The molecule has 2 saturated heterocycles. The third-order valence-electron chi connectivity index (χ3n) is 9.64. The first-order chi connectivity index (χ1) is 22.3. The number of benzene rings is 2. The van der Waals surface area contributed by atoms with E-state index in [2.05, 4.69) is 46.1 Å². The van der Waals surface area contributed by atoms with Crippen LogP contribution < -0.4 is 16.0 Å². The number of hydrogen-bond donors (Lipinski definition) is 2. The van der Waals surface area contributed by atoms with E-state index in [4.69, 9.17) is 5.73 Å². The monoisotopic (exact) mass is 628 g/mol. The molecule has 3 amide bonds. The predicted octanol–water partition coefficient (Wildman–Crippen LogP) is 2.03. The second-order valence-electron chi connectivity index (χ2n) is 12.4. The quantitative estimate of drug-likeness (QED) is 0.297. The van der Waals surface area contributed by atoms with Crippen molar-refractivity contribution in [1.29, 1.82) is 0 Å². The summed E-state index contributed by atoms with van der Waals surface area (Å²) in [6, 6.07) is 18.2. The molecular weight excluding hydrogens is 580 g/mol. The van der Waals surface area contributed by atoms with Gasteiger partial charge < -0.3 is 35.2 Å². The van der Waals surface area contributed by atoms with Crippen LogP contribution in [-0.4, -0.2) is 106 Å². The van der Waals surface area contributed by atoms with E-state index < -0.39 is 17.6 Å². The number of carbonyl (C=O) groups excluding carboxylic acids is 3. The summed E-state index contributed by atoms with van der Waals surface area (Å²) < 4.78 is 1.83. The number of likely N-dealkylation sites (tertiary alicyclic amines) is 1. The Morgan fingerprint density at radius 3 is 2.26 bits per heavy atom. The molecule has 0 bridgehead atoms. The van der Waals surface area contributed by atoms with Crippen molar-refractivity contribution in [2.24, 2.45) is 12.8 Å². The zero-order valence-electron chi connectivity index (χ0n) is 27.3. The lowest BCUT2D eigenvalue weighted by Gasteiger charge is -2.44. The Morgan fingerprint density at radius 2 is 1.65 bits per heavy atom. The zero-order valence-corrected chi connectivity index (χ0v) is 27.3. The van der Waals surface area contributed by atoms with Gasteiger partial charge in [-0.2, -0.15) is 0 Å². The Bertz CT molecular complexity index is 1450. The maximum absolute atomic E-state index is 14.2. The lowest BCUT2D eigenvalue weighted by atomic mass is 9.85. The Kier molecular flexibility index (Phi) is 10.7. The third kappa shape index (κ3) is 7.26. The Morgan fingerprint density at radius 1 is 1.00 bits per heavy atom. The molecule has 1 spiro atoms. The van der Waals surface area contributed by atoms with Crippen LogP contribution in [0.2, 0.25) is 0 Å². The number of nitrogens with two attached hydrogens (primary N) is 1. The molecule has 2 aliphatic heterocycles. The van der Waals surface area contributed by atoms with Crippen LogP contribution in [0.3, 0.4) is 0 Å². The largest absolute Gasteiger partial charge is 0.343 e. The number of amides is 3. The van der Waals surface area contributed by atoms with E-state index in [9.17, 15) is 14.4 Å². The van der Waals surface area contributed by atoms with Crippen molar-refractivity contribution >= 4 is 23.4 Å². The normalized spacial score (nSPS) is 17.5. The molecule has 246 valence electrons. The van der Waals surface area contributed by atoms with Gasteiger partial charge in [-0.05, 0) is 43.6 Å². The summed E-state index contributed by atoms with van der Waals surface area (Å²) in [7, 11) is 1.86. The van der Waals surface area contributed by atoms with Gasteiger partial charge in [0.1, 0.15) is 11.6 Å². The lowest BCUT2D eigenvalue weighted by Crippen LogP contribution is -2.60. The maximum Gasteiger partial charge on any atom is 0.250 e. The fourth-order valence-corrected chi connectivity index (χ4v) is 6.72. The number of piperidine rings is 1. The topological polar surface area (TPSA) is 120 Å². The smallest absolute Gasteiger partial charge is 0.250 e. The van der Waals surface area contributed by atoms with Crippen LogP contribution in [0.25, 0.3) is 0 Å². The number of aryl methyl sites for hydroxylation is 1. The van der Waals surface area contributed by atoms with Crippen molar-refractivity contribution in [1.82, 2.24) is 29.6 Å². The van der Waals surface area contributed by atoms with E-state index in [1.54, 1.807) is 17.4 Å². The second kappa shape index (κ2) is 14.9. The van der Waals surface area contributed by atoms with Crippen LogP contribution >= 0.6 is 0 Å². The molecule has 5 rings (SSSR count). The number of hydrogen-bond acceptors (Lipinski definition) is 7. The first-order valence-electron chi connectivity index (χ1n) is 16.4. The highest BCUT2D eigenvalue weighted by Crippen LogP contribution is 2.39. The van der Waals surface area contributed by atoms with Crippen LogP contribution in [0.15, 0.2) is 73.2 Å². The molecule has 2 atom stereocenters. The summed E-state index contributed by atoms with van der Waals surface area (Å²) in [5, 5.41) is 2.97. The van der Waals surface area contributed by atoms with Crippen LogP contribution in [0.4, 0.5) is 5.69 Å². The lowest BCUT2D eigenvalue weighted by molar-refractivity contribution is -0.141. The Hall–Kier alpha value is -4.22. The molecule has 46 heavy (non-hydrogen) atoms. The van der Waals surface area contributed by atoms with Gasteiger partial charge in [0.2, 0.25) is 17.7 Å². The van der Waals surface area contributed by atoms with Gasteiger partial charge in [-0.1, -0.05) is 62.4 Å². The van der Waals surface area contributed by atoms with Gasteiger partial charge in [0.25, 0.3) is 0 Å². The van der Waals surface area contributed by atoms with E-state index in [-0.39, 0.29) is 17.7 Å². The summed E-state index contributed by atoms with van der Waals surface area (Å²) in [6.45, 7) is 9.02. The minimum atomic E-state index is -0.830. The standard InChI is InChI=1S/C35H48N8O3/c1-4-40(5-2)20-21-42-26-43(28-14-10-7-11-15-28)35(34(42)46)16-18-41(19-17-35)33(45)31(22-27-12-8-6-9-13-27)38-32(44)30(36)23-29-24-37-25-39(29)3/h6-15,24-25,30-31H,4-5,16-23,26,36H2,1-3H3,(H,38,44)/t30?,31-/m1/s1. The molecule has 1 aromatic heterocycles. The van der Waals surface area contributed by atoms with Gasteiger partial charge >= 0.3 is 0 Å². The SMILES string of the molecule is CCN(CC)CCN1CN(c2ccccc2)C2(CCN(C(=O)[C@@H](Cc3ccccc3)NC(=O)C(N)Cc3cncn3C)CC2)C1=O. The maximum atomic E-state index is 14.2. The van der Waals surface area contributed by atoms with E-state index in [0.29, 0.717) is 52.0 Å². The van der Waals surface area contributed by atoms with E-state index in [1.165, 1.54) is 0 Å². The molecule has 11 nitrogen and oxygen atoms in total. The highest BCUT2D eigenvalue weighted by molar-refractivity contribution is 5.94. The first kappa shape index (κ1) is 33.2. The number of likely N-dealkylation sites (N-methyl/N-ethyl adjacent to an activating group) is 1. The molecule has 0 radical (unpaired) electrons. The molecule has 3 aromatic rings. The molecule has 1 unspecified atom stereocenters. The molecule has 3 N–H and O–H groups in total. The summed E-state index contributed by atoms with van der Waals surface area (Å²) in [6.07, 6.45) is 5.05. The zero-order chi connectivity index (χ0) is 32.7. The van der Waals surface area contributed by atoms with Crippen molar-refractivity contribution in [3.8, 4) is 0 Å². The van der Waals surface area contributed by atoms with Gasteiger partial charge in [-0.3, -0.25) is 14.4 Å². The number of anilines is 1. The van der Waals surface area contributed by atoms with Crippen LogP contribution in [0, 0.1) is 0 Å². The van der Waals surface area contributed by atoms with Crippen LogP contribution in [-0.2, 0) is 34.3 Å². The van der Waals surface area contributed by atoms with Crippen molar-refractivity contribution in [2.45, 2.75) is 57.2 Å². The average Bonchev–Trinajstić information content (AvgIpc) is 3.61. The van der Waals surface area contributed by atoms with E-state index in [0.717, 1.165) is 36.6 Å². The highest BCUT2D eigenvalue weighted by Gasteiger charge is 2.54. The van der Waals surface area contributed by atoms with Gasteiger partial charge in [0.15, 0.2) is 0 Å². The number of para-hydroxylation sites is 1. The summed E-state index contributed by atoms with van der Waals surface area (Å²) in [4.78, 5) is 54.1. The second-order valence-corrected chi connectivity index (χ2v) is 12.4. The summed E-state index contributed by atoms with van der Waals surface area (Å²) in [5.41, 5.74) is 8.38. The molecular formula is C35H48N8O3. The van der Waals surface area contributed by atoms with Gasteiger partial charge in [-0.25, -0.2) is 4.98 Å². The summed E-state index contributed by atoms with van der Waals surface area (Å²) in [5.74, 6) is -0.408. The molecule has 2 aliphatic rings. The minimum absolute atomic E-state index is 0.130. The molecule has 2 aromatic carbocycles. The predicted molar refractivity (Wildman–Crippen MR) is 179 cm³/mol. The van der Waals surface area contributed by atoms with Crippen molar-refractivity contribution in [3.05, 3.63) is 84.4 Å². The van der Waals surface area contributed by atoms with Crippen molar-refractivity contribution in [2.75, 3.05) is 50.8 Å². The number of imidazole rings is 1. The van der Waals surface area contributed by atoms with Crippen LogP contribution in [0.1, 0.15) is 37.9 Å². The highest BCUT2D eigenvalue weighted by atomic mass is 16.2. The summed E-state index contributed by atoms with van der Waals surface area (Å²) >= 11 is 0. The first-order valence-corrected chi connectivity index (χ1v) is 16.4. The number of nitrogens with one attached hydrogen (secondary N) is 1.